The third-order valence-corrected chi connectivity index (χ3v) is 2.26. The summed E-state index contributed by atoms with van der Waals surface area (Å²) in [5.41, 5.74) is 2.08. The Balaban J connectivity index is 2.73. The molecule has 0 bridgehead atoms. The maximum atomic E-state index is 9.92. The second-order valence-corrected chi connectivity index (χ2v) is 3.52. The SMILES string of the molecule is CCOC(C)C(O)c1cccc(C)c1. The van der Waals surface area contributed by atoms with Gasteiger partial charge in [0.15, 0.2) is 0 Å². The van der Waals surface area contributed by atoms with Gasteiger partial charge in [-0.15, -0.1) is 0 Å². The zero-order chi connectivity index (χ0) is 10.6. The standard InChI is InChI=1S/C12H18O2/c1-4-14-10(3)12(13)11-7-5-6-9(2)8-11/h5-8,10,12-13H,4H2,1-3H3. The molecule has 2 nitrogen and oxygen atoms in total. The number of rotatable bonds is 4. The lowest BCUT2D eigenvalue weighted by molar-refractivity contribution is -0.0227. The quantitative estimate of drug-likeness (QED) is 0.797. The molecule has 1 rings (SSSR count). The minimum absolute atomic E-state index is 0.151. The highest BCUT2D eigenvalue weighted by atomic mass is 16.5. The van der Waals surface area contributed by atoms with Gasteiger partial charge in [-0.25, -0.2) is 0 Å². The molecule has 0 aliphatic rings. The maximum Gasteiger partial charge on any atom is 0.105 e. The van der Waals surface area contributed by atoms with Gasteiger partial charge in [0, 0.05) is 6.61 Å². The Morgan fingerprint density at radius 3 is 2.71 bits per heavy atom. The van der Waals surface area contributed by atoms with E-state index in [0.29, 0.717) is 6.61 Å². The van der Waals surface area contributed by atoms with Crippen LogP contribution < -0.4 is 0 Å². The van der Waals surface area contributed by atoms with Crippen molar-refractivity contribution in [3.05, 3.63) is 35.4 Å². The summed E-state index contributed by atoms with van der Waals surface area (Å²) in [5, 5.41) is 9.92. The number of aliphatic hydroxyl groups excluding tert-OH is 1. The number of ether oxygens (including phenoxy) is 1. The van der Waals surface area contributed by atoms with Gasteiger partial charge >= 0.3 is 0 Å². The molecule has 0 amide bonds. The second-order valence-electron chi connectivity index (χ2n) is 3.52. The zero-order valence-electron chi connectivity index (χ0n) is 9.03. The Hall–Kier alpha value is -0.860. The molecule has 14 heavy (non-hydrogen) atoms. The van der Waals surface area contributed by atoms with Crippen LogP contribution >= 0.6 is 0 Å². The highest BCUT2D eigenvalue weighted by Gasteiger charge is 2.15. The van der Waals surface area contributed by atoms with Gasteiger partial charge in [-0.3, -0.25) is 0 Å². The first-order valence-corrected chi connectivity index (χ1v) is 5.01. The summed E-state index contributed by atoms with van der Waals surface area (Å²) in [4.78, 5) is 0. The molecule has 0 fully saturated rings. The van der Waals surface area contributed by atoms with Crippen LogP contribution in [-0.4, -0.2) is 17.8 Å². The minimum Gasteiger partial charge on any atom is -0.386 e. The highest BCUT2D eigenvalue weighted by molar-refractivity contribution is 5.24. The van der Waals surface area contributed by atoms with Crippen molar-refractivity contribution in [2.45, 2.75) is 33.0 Å². The van der Waals surface area contributed by atoms with Gasteiger partial charge < -0.3 is 9.84 Å². The predicted molar refractivity (Wildman–Crippen MR) is 57.2 cm³/mol. The van der Waals surface area contributed by atoms with Crippen molar-refractivity contribution in [1.29, 1.82) is 0 Å². The van der Waals surface area contributed by atoms with Crippen LogP contribution in [0.5, 0.6) is 0 Å². The van der Waals surface area contributed by atoms with E-state index in [1.165, 1.54) is 0 Å². The molecular formula is C12H18O2. The topological polar surface area (TPSA) is 29.5 Å². The molecule has 2 heteroatoms. The monoisotopic (exact) mass is 194 g/mol. The van der Waals surface area contributed by atoms with Gasteiger partial charge in [-0.2, -0.15) is 0 Å². The molecule has 1 N–H and O–H groups in total. The lowest BCUT2D eigenvalue weighted by Crippen LogP contribution is -2.18. The molecule has 2 atom stereocenters. The average Bonchev–Trinajstić information content (AvgIpc) is 2.17. The van der Waals surface area contributed by atoms with Gasteiger partial charge in [0.1, 0.15) is 6.10 Å². The van der Waals surface area contributed by atoms with Crippen molar-refractivity contribution in [3.8, 4) is 0 Å². The number of hydrogen-bond acceptors (Lipinski definition) is 2. The fourth-order valence-electron chi connectivity index (χ4n) is 1.48. The Morgan fingerprint density at radius 1 is 1.43 bits per heavy atom. The van der Waals surface area contributed by atoms with E-state index in [9.17, 15) is 5.11 Å². The molecule has 0 saturated carbocycles. The van der Waals surface area contributed by atoms with Gasteiger partial charge in [0.25, 0.3) is 0 Å². The first kappa shape index (κ1) is 11.2. The summed E-state index contributed by atoms with van der Waals surface area (Å²) in [6.45, 7) is 6.46. The lowest BCUT2D eigenvalue weighted by Gasteiger charge is -2.19. The normalized spacial score (nSPS) is 15.1. The van der Waals surface area contributed by atoms with Crippen molar-refractivity contribution in [3.63, 3.8) is 0 Å². The van der Waals surface area contributed by atoms with Gasteiger partial charge in [-0.1, -0.05) is 29.8 Å². The largest absolute Gasteiger partial charge is 0.386 e. The molecule has 1 aromatic rings. The molecule has 78 valence electrons. The lowest BCUT2D eigenvalue weighted by atomic mass is 10.0. The molecule has 0 heterocycles. The second kappa shape index (κ2) is 5.13. The van der Waals surface area contributed by atoms with Crippen LogP contribution in [0.3, 0.4) is 0 Å². The molecule has 2 unspecified atom stereocenters. The molecule has 0 aromatic heterocycles. The summed E-state index contributed by atoms with van der Waals surface area (Å²) < 4.78 is 5.35. The maximum absolute atomic E-state index is 9.92. The van der Waals surface area contributed by atoms with Crippen LogP contribution in [0, 0.1) is 6.92 Å². The van der Waals surface area contributed by atoms with E-state index in [1.807, 2.05) is 45.0 Å². The van der Waals surface area contributed by atoms with Crippen molar-refractivity contribution in [1.82, 2.24) is 0 Å². The van der Waals surface area contributed by atoms with E-state index in [-0.39, 0.29) is 6.10 Å². The summed E-state index contributed by atoms with van der Waals surface area (Å²) in [5.74, 6) is 0. The summed E-state index contributed by atoms with van der Waals surface area (Å²) >= 11 is 0. The molecule has 0 spiro atoms. The van der Waals surface area contributed by atoms with Crippen molar-refractivity contribution >= 4 is 0 Å². The van der Waals surface area contributed by atoms with Gasteiger partial charge in [0.05, 0.1) is 6.10 Å². The fraction of sp³-hybridized carbons (Fsp3) is 0.500. The smallest absolute Gasteiger partial charge is 0.105 e. The van der Waals surface area contributed by atoms with Crippen molar-refractivity contribution < 1.29 is 9.84 Å². The van der Waals surface area contributed by atoms with E-state index < -0.39 is 6.10 Å². The third kappa shape index (κ3) is 2.82. The van der Waals surface area contributed by atoms with E-state index in [2.05, 4.69) is 0 Å². The molecule has 1 aromatic carbocycles. The Bertz CT molecular complexity index is 283. The number of benzene rings is 1. The zero-order valence-corrected chi connectivity index (χ0v) is 9.03. The number of aliphatic hydroxyl groups is 1. The Labute approximate surface area is 85.5 Å². The average molecular weight is 194 g/mol. The third-order valence-electron chi connectivity index (χ3n) is 2.26. The Morgan fingerprint density at radius 2 is 2.14 bits per heavy atom. The number of aryl methyl sites for hydroxylation is 1. The molecule has 0 saturated heterocycles. The van der Waals surface area contributed by atoms with E-state index in [0.717, 1.165) is 11.1 Å². The van der Waals surface area contributed by atoms with E-state index in [1.54, 1.807) is 0 Å². The predicted octanol–water partition coefficient (Wildman–Crippen LogP) is 2.45. The van der Waals surface area contributed by atoms with Crippen LogP contribution in [0.2, 0.25) is 0 Å². The fourth-order valence-corrected chi connectivity index (χ4v) is 1.48. The molecular weight excluding hydrogens is 176 g/mol. The molecule has 0 aliphatic heterocycles. The summed E-state index contributed by atoms with van der Waals surface area (Å²) in [6.07, 6.45) is -0.684. The Kier molecular flexibility index (Phi) is 4.11. The van der Waals surface area contributed by atoms with Crippen molar-refractivity contribution in [2.24, 2.45) is 0 Å². The first-order valence-electron chi connectivity index (χ1n) is 5.01. The first-order chi connectivity index (χ1) is 6.65. The minimum atomic E-state index is -0.533. The molecule has 0 aliphatic carbocycles. The summed E-state index contributed by atoms with van der Waals surface area (Å²) in [6, 6.07) is 7.88. The van der Waals surface area contributed by atoms with Crippen LogP contribution in [0.15, 0.2) is 24.3 Å². The van der Waals surface area contributed by atoms with Crippen LogP contribution in [0.25, 0.3) is 0 Å². The van der Waals surface area contributed by atoms with Crippen molar-refractivity contribution in [2.75, 3.05) is 6.61 Å². The van der Waals surface area contributed by atoms with Crippen LogP contribution in [-0.2, 0) is 4.74 Å². The summed E-state index contributed by atoms with van der Waals surface area (Å²) in [7, 11) is 0. The molecule has 0 radical (unpaired) electrons. The van der Waals surface area contributed by atoms with Gasteiger partial charge in [-0.05, 0) is 26.3 Å². The van der Waals surface area contributed by atoms with Crippen LogP contribution in [0.1, 0.15) is 31.1 Å². The van der Waals surface area contributed by atoms with E-state index in [4.69, 9.17) is 4.74 Å². The highest BCUT2D eigenvalue weighted by Crippen LogP contribution is 2.19. The van der Waals surface area contributed by atoms with E-state index >= 15 is 0 Å². The number of hydrogen-bond donors (Lipinski definition) is 1. The van der Waals surface area contributed by atoms with Gasteiger partial charge in [0.2, 0.25) is 0 Å². The van der Waals surface area contributed by atoms with Crippen LogP contribution in [0.4, 0.5) is 0 Å².